The average molecular weight is 449 g/mol. The molecule has 0 N–H and O–H groups in total. The van der Waals surface area contributed by atoms with Crippen LogP contribution in [-0.2, 0) is 0 Å². The van der Waals surface area contributed by atoms with Gasteiger partial charge in [-0.05, 0) is 45.8 Å². The van der Waals surface area contributed by atoms with Gasteiger partial charge < -0.3 is 0 Å². The number of hydrogen-bond donors (Lipinski definition) is 0. The summed E-state index contributed by atoms with van der Waals surface area (Å²) in [5.41, 5.74) is 3.59. The zero-order chi connectivity index (χ0) is 18.9. The largest absolute Gasteiger partial charge is 0.314 e. The molecule has 4 aromatic rings. The van der Waals surface area contributed by atoms with Crippen molar-refractivity contribution in [2.75, 3.05) is 5.75 Å². The van der Waals surface area contributed by atoms with Gasteiger partial charge in [0.2, 0.25) is 0 Å². The molecule has 0 aliphatic carbocycles. The van der Waals surface area contributed by atoms with Gasteiger partial charge in [-0.3, -0.25) is 0 Å². The molecule has 3 nitrogen and oxygen atoms in total. The Morgan fingerprint density at radius 2 is 1.46 bits per heavy atom. The van der Waals surface area contributed by atoms with E-state index in [1.54, 1.807) is 0 Å². The monoisotopic (exact) mass is 448 g/mol. The number of halogens is 1. The Labute approximate surface area is 177 Å². The van der Waals surface area contributed by atoms with Crippen LogP contribution in [0.5, 0.6) is 0 Å². The Hall–Kier alpha value is -2.37. The van der Waals surface area contributed by atoms with Gasteiger partial charge in [0.25, 0.3) is 0 Å². The third-order valence-electron chi connectivity index (χ3n) is 5.03. The molecule has 0 unspecified atom stereocenters. The molecule has 1 aromatic heterocycles. The minimum absolute atomic E-state index is 0.110. The predicted molar refractivity (Wildman–Crippen MR) is 117 cm³/mol. The number of aromatic nitrogens is 3. The summed E-state index contributed by atoms with van der Waals surface area (Å²) in [7, 11) is 0. The van der Waals surface area contributed by atoms with E-state index >= 15 is 0 Å². The van der Waals surface area contributed by atoms with Crippen LogP contribution < -0.4 is 4.57 Å². The molecule has 2 atom stereocenters. The lowest BCUT2D eigenvalue weighted by molar-refractivity contribution is -0.627. The lowest BCUT2D eigenvalue weighted by Gasteiger charge is -2.24. The van der Waals surface area contributed by atoms with E-state index in [0.717, 1.165) is 28.0 Å². The summed E-state index contributed by atoms with van der Waals surface area (Å²) in [4.78, 5) is 0.110. The van der Waals surface area contributed by atoms with Crippen LogP contribution in [0.25, 0.3) is 17.1 Å². The molecule has 5 rings (SSSR count). The van der Waals surface area contributed by atoms with Gasteiger partial charge in [0.05, 0.1) is 5.56 Å². The molecule has 0 spiro atoms. The molecule has 3 aromatic carbocycles. The van der Waals surface area contributed by atoms with E-state index in [1.807, 2.05) is 23.9 Å². The second kappa shape index (κ2) is 7.57. The lowest BCUT2D eigenvalue weighted by atomic mass is 10.0. The van der Waals surface area contributed by atoms with E-state index in [2.05, 4.69) is 104 Å². The van der Waals surface area contributed by atoms with Crippen LogP contribution in [0.1, 0.15) is 16.4 Å². The smallest absolute Gasteiger partial charge is 0.184 e. The van der Waals surface area contributed by atoms with Gasteiger partial charge >= 0.3 is 11.0 Å². The van der Waals surface area contributed by atoms with E-state index in [1.165, 1.54) is 5.56 Å². The second-order valence-electron chi connectivity index (χ2n) is 6.79. The third-order valence-corrected chi connectivity index (χ3v) is 7.21. The van der Waals surface area contributed by atoms with Crippen molar-refractivity contribution in [3.8, 4) is 17.1 Å². The summed E-state index contributed by atoms with van der Waals surface area (Å²) in [6.45, 7) is 0. The normalized spacial score (nSPS) is 18.6. The maximum atomic E-state index is 5.07. The van der Waals surface area contributed by atoms with Crippen molar-refractivity contribution in [2.45, 2.75) is 16.0 Å². The van der Waals surface area contributed by atoms with Crippen molar-refractivity contribution in [3.05, 3.63) is 96.6 Å². The molecule has 1 aliphatic rings. The first-order chi connectivity index (χ1) is 13.8. The fourth-order valence-electron chi connectivity index (χ4n) is 3.63. The van der Waals surface area contributed by atoms with Gasteiger partial charge in [0.1, 0.15) is 5.69 Å². The van der Waals surface area contributed by atoms with Crippen molar-refractivity contribution in [3.63, 3.8) is 0 Å². The van der Waals surface area contributed by atoms with Crippen LogP contribution in [0.2, 0.25) is 0 Å². The average Bonchev–Trinajstić information content (AvgIpc) is 3.16. The highest BCUT2D eigenvalue weighted by molar-refractivity contribution is 9.09. The Morgan fingerprint density at radius 1 is 0.857 bits per heavy atom. The summed E-state index contributed by atoms with van der Waals surface area (Å²) in [6.07, 6.45) is 0. The molecule has 0 amide bonds. The standard InChI is InChI=1S/C23H19BrN3S/c24-21-20(17-10-4-1-5-11-17)16-28-23-26(19-14-8-3-9-15-19)22(25-27(21)23)18-12-6-2-7-13-18/h1-15,20-21H,16H2/q+1/t20-,21+/m1/s1. The van der Waals surface area contributed by atoms with Crippen molar-refractivity contribution in [1.29, 1.82) is 0 Å². The van der Waals surface area contributed by atoms with E-state index < -0.39 is 0 Å². The van der Waals surface area contributed by atoms with Crippen molar-refractivity contribution in [2.24, 2.45) is 0 Å². The minimum atomic E-state index is 0.110. The topological polar surface area (TPSA) is 21.7 Å². The van der Waals surface area contributed by atoms with Gasteiger partial charge in [0.15, 0.2) is 4.95 Å². The summed E-state index contributed by atoms with van der Waals surface area (Å²) in [5, 5.41) is 6.22. The summed E-state index contributed by atoms with van der Waals surface area (Å²) in [5.74, 6) is 2.34. The number of benzene rings is 3. The van der Waals surface area contributed by atoms with E-state index in [4.69, 9.17) is 5.10 Å². The number of thioether (sulfide) groups is 1. The Balaban J connectivity index is 1.67. The summed E-state index contributed by atoms with van der Waals surface area (Å²) in [6, 6.07) is 31.6. The number of hydrogen-bond acceptors (Lipinski definition) is 2. The zero-order valence-electron chi connectivity index (χ0n) is 15.1. The molecular formula is C23H19BrN3S+. The first-order valence-corrected chi connectivity index (χ1v) is 11.2. The highest BCUT2D eigenvalue weighted by Crippen LogP contribution is 2.43. The van der Waals surface area contributed by atoms with Crippen LogP contribution in [0.15, 0.2) is 96.2 Å². The van der Waals surface area contributed by atoms with E-state index in [-0.39, 0.29) is 4.95 Å². The highest BCUT2D eigenvalue weighted by atomic mass is 79.9. The molecule has 1 aliphatic heterocycles. The van der Waals surface area contributed by atoms with Gasteiger partial charge in [0, 0.05) is 16.8 Å². The maximum absolute atomic E-state index is 5.07. The van der Waals surface area contributed by atoms with Crippen LogP contribution in [0.4, 0.5) is 0 Å². The summed E-state index contributed by atoms with van der Waals surface area (Å²) >= 11 is 5.82. The Kier molecular flexibility index (Phi) is 4.79. The Bertz CT molecular complexity index is 1080. The zero-order valence-corrected chi connectivity index (χ0v) is 17.6. The molecule has 0 bridgehead atoms. The van der Waals surface area contributed by atoms with Crippen molar-refractivity contribution in [1.82, 2.24) is 9.78 Å². The van der Waals surface area contributed by atoms with E-state index in [0.29, 0.717) is 5.92 Å². The third kappa shape index (κ3) is 3.09. The lowest BCUT2D eigenvalue weighted by Crippen LogP contribution is -2.36. The van der Waals surface area contributed by atoms with Crippen LogP contribution >= 0.6 is 27.7 Å². The molecular weight excluding hydrogens is 430 g/mol. The van der Waals surface area contributed by atoms with Gasteiger partial charge in [-0.25, -0.2) is 0 Å². The van der Waals surface area contributed by atoms with Crippen molar-refractivity contribution < 1.29 is 4.57 Å². The first-order valence-electron chi connectivity index (χ1n) is 9.30. The number of para-hydroxylation sites is 1. The number of fused-ring (bicyclic) bond motifs is 1. The predicted octanol–water partition coefficient (Wildman–Crippen LogP) is 5.61. The molecule has 5 heteroatoms. The molecule has 2 heterocycles. The van der Waals surface area contributed by atoms with Gasteiger partial charge in [-0.1, -0.05) is 83.2 Å². The fourth-order valence-corrected chi connectivity index (χ4v) is 6.10. The van der Waals surface area contributed by atoms with Crippen LogP contribution in [0.3, 0.4) is 0 Å². The van der Waals surface area contributed by atoms with Gasteiger partial charge in [-0.15, -0.1) is 0 Å². The van der Waals surface area contributed by atoms with Crippen LogP contribution in [-0.4, -0.2) is 15.5 Å². The Morgan fingerprint density at radius 3 is 2.14 bits per heavy atom. The summed E-state index contributed by atoms with van der Waals surface area (Å²) < 4.78 is 4.41. The first kappa shape index (κ1) is 17.7. The van der Waals surface area contributed by atoms with Crippen LogP contribution in [0, 0.1) is 0 Å². The molecule has 0 fully saturated rings. The molecule has 0 saturated heterocycles. The van der Waals surface area contributed by atoms with Gasteiger partial charge in [-0.2, -0.15) is 4.57 Å². The minimum Gasteiger partial charge on any atom is -0.184 e. The molecule has 28 heavy (non-hydrogen) atoms. The second-order valence-corrected chi connectivity index (χ2v) is 8.71. The highest BCUT2D eigenvalue weighted by Gasteiger charge is 2.40. The number of alkyl halides is 1. The quantitative estimate of drug-likeness (QED) is 0.300. The fraction of sp³-hybridized carbons (Fsp3) is 0.130. The van der Waals surface area contributed by atoms with E-state index in [9.17, 15) is 0 Å². The maximum Gasteiger partial charge on any atom is 0.314 e. The molecule has 138 valence electrons. The SMILES string of the molecule is Br[C@@H]1[C@@H](c2ccccc2)CSc2n1nc(-c1ccccc1)[n+]2-c1ccccc1. The molecule has 0 radical (unpaired) electrons. The number of nitrogens with zero attached hydrogens (tertiary/aromatic N) is 3. The molecule has 0 saturated carbocycles. The number of rotatable bonds is 3. The van der Waals surface area contributed by atoms with Crippen molar-refractivity contribution >= 4 is 27.7 Å².